The van der Waals surface area contributed by atoms with Gasteiger partial charge in [-0.3, -0.25) is 0 Å². The van der Waals surface area contributed by atoms with E-state index in [1.54, 1.807) is 23.5 Å². The van der Waals surface area contributed by atoms with Crippen LogP contribution in [0, 0.1) is 12.8 Å². The van der Waals surface area contributed by atoms with E-state index in [0.717, 1.165) is 18.4 Å². The third kappa shape index (κ3) is 3.31. The minimum Gasteiger partial charge on any atom is -0.399 e. The van der Waals surface area contributed by atoms with Crippen LogP contribution in [-0.2, 0) is 14.8 Å². The number of aryl methyl sites for hydroxylation is 1. The fraction of sp³-hybridized carbons (Fsp3) is 0.571. The molecule has 1 fully saturated rings. The highest BCUT2D eigenvalue weighted by Crippen LogP contribution is 2.25. The van der Waals surface area contributed by atoms with Crippen molar-refractivity contribution in [3.8, 4) is 0 Å². The van der Waals surface area contributed by atoms with Crippen LogP contribution in [0.5, 0.6) is 0 Å². The number of nitrogens with two attached hydrogens (primary N) is 1. The lowest BCUT2D eigenvalue weighted by atomic mass is 9.99. The second kappa shape index (κ2) is 6.11. The van der Waals surface area contributed by atoms with Crippen molar-refractivity contribution < 1.29 is 13.2 Å². The fourth-order valence-electron chi connectivity index (χ4n) is 2.63. The number of anilines is 1. The number of benzene rings is 1. The Kier molecular flexibility index (Phi) is 4.67. The molecule has 1 aliphatic heterocycles. The SMILES string of the molecule is COCC1CCN(S(=O)(=O)c2cc(C)cc(N)c2)CC1. The van der Waals surface area contributed by atoms with Gasteiger partial charge < -0.3 is 10.5 Å². The number of hydrogen-bond donors (Lipinski definition) is 1. The Morgan fingerprint density at radius 3 is 2.50 bits per heavy atom. The smallest absolute Gasteiger partial charge is 0.243 e. The Bertz CT molecular complexity index is 544. The minimum atomic E-state index is -3.43. The molecule has 0 spiro atoms. The summed E-state index contributed by atoms with van der Waals surface area (Å²) >= 11 is 0. The van der Waals surface area contributed by atoms with Crippen LogP contribution in [0.3, 0.4) is 0 Å². The Labute approximate surface area is 120 Å². The van der Waals surface area contributed by atoms with Gasteiger partial charge in [0.05, 0.1) is 4.90 Å². The van der Waals surface area contributed by atoms with Gasteiger partial charge in [-0.1, -0.05) is 0 Å². The van der Waals surface area contributed by atoms with Gasteiger partial charge in [-0.15, -0.1) is 0 Å². The molecule has 0 saturated carbocycles. The molecule has 0 radical (unpaired) electrons. The lowest BCUT2D eigenvalue weighted by molar-refractivity contribution is 0.121. The summed E-state index contributed by atoms with van der Waals surface area (Å²) in [4.78, 5) is 0.292. The van der Waals surface area contributed by atoms with Crippen LogP contribution >= 0.6 is 0 Å². The molecule has 6 heteroatoms. The van der Waals surface area contributed by atoms with Gasteiger partial charge in [0.2, 0.25) is 10.0 Å². The summed E-state index contributed by atoms with van der Waals surface area (Å²) in [6.07, 6.45) is 1.68. The largest absolute Gasteiger partial charge is 0.399 e. The lowest BCUT2D eigenvalue weighted by Gasteiger charge is -2.30. The van der Waals surface area contributed by atoms with Gasteiger partial charge in [0.25, 0.3) is 0 Å². The molecule has 20 heavy (non-hydrogen) atoms. The summed E-state index contributed by atoms with van der Waals surface area (Å²) in [6.45, 7) is 3.64. The van der Waals surface area contributed by atoms with Crippen molar-refractivity contribution in [3.63, 3.8) is 0 Å². The molecule has 1 aromatic rings. The molecule has 1 heterocycles. The first-order chi connectivity index (χ1) is 9.43. The van der Waals surface area contributed by atoms with E-state index in [9.17, 15) is 8.42 Å². The Hall–Kier alpha value is -1.11. The zero-order valence-corrected chi connectivity index (χ0v) is 12.8. The van der Waals surface area contributed by atoms with E-state index in [4.69, 9.17) is 10.5 Å². The zero-order valence-electron chi connectivity index (χ0n) is 12.0. The molecule has 2 N–H and O–H groups in total. The van der Waals surface area contributed by atoms with Crippen molar-refractivity contribution in [2.24, 2.45) is 5.92 Å². The average molecular weight is 298 g/mol. The highest BCUT2D eigenvalue weighted by molar-refractivity contribution is 7.89. The molecular formula is C14H22N2O3S. The Morgan fingerprint density at radius 1 is 1.30 bits per heavy atom. The molecule has 5 nitrogen and oxygen atoms in total. The van der Waals surface area contributed by atoms with E-state index in [1.807, 2.05) is 6.92 Å². The van der Waals surface area contributed by atoms with Crippen molar-refractivity contribution >= 4 is 15.7 Å². The van der Waals surface area contributed by atoms with Crippen LogP contribution in [0.15, 0.2) is 23.1 Å². The second-order valence-electron chi connectivity index (χ2n) is 5.38. The van der Waals surface area contributed by atoms with E-state index in [1.165, 1.54) is 6.07 Å². The normalized spacial score (nSPS) is 18.3. The summed E-state index contributed by atoms with van der Waals surface area (Å²) in [7, 11) is -1.75. The molecule has 0 amide bonds. The number of methoxy groups -OCH3 is 1. The second-order valence-corrected chi connectivity index (χ2v) is 7.32. The Morgan fingerprint density at radius 2 is 1.95 bits per heavy atom. The van der Waals surface area contributed by atoms with Crippen LogP contribution in [-0.4, -0.2) is 39.5 Å². The molecule has 0 bridgehead atoms. The van der Waals surface area contributed by atoms with Gasteiger partial charge in [0.1, 0.15) is 0 Å². The third-order valence-corrected chi connectivity index (χ3v) is 5.56. The summed E-state index contributed by atoms with van der Waals surface area (Å²) in [5.41, 5.74) is 7.09. The maximum absolute atomic E-state index is 12.6. The van der Waals surface area contributed by atoms with Crippen molar-refractivity contribution in [2.45, 2.75) is 24.7 Å². The monoisotopic (exact) mass is 298 g/mol. The van der Waals surface area contributed by atoms with Gasteiger partial charge in [-0.05, 0) is 49.4 Å². The number of ether oxygens (including phenoxy) is 1. The zero-order chi connectivity index (χ0) is 14.8. The van der Waals surface area contributed by atoms with E-state index < -0.39 is 10.0 Å². The number of nitrogens with zero attached hydrogens (tertiary/aromatic N) is 1. The van der Waals surface area contributed by atoms with Gasteiger partial charge in [-0.25, -0.2) is 8.42 Å². The average Bonchev–Trinajstić information content (AvgIpc) is 2.38. The number of sulfonamides is 1. The minimum absolute atomic E-state index is 0.292. The number of nitrogen functional groups attached to an aromatic ring is 1. The molecule has 0 unspecified atom stereocenters. The number of piperidine rings is 1. The molecule has 112 valence electrons. The maximum atomic E-state index is 12.6. The first-order valence-corrected chi connectivity index (χ1v) is 8.23. The Balaban J connectivity index is 2.15. The summed E-state index contributed by atoms with van der Waals surface area (Å²) in [6, 6.07) is 4.97. The molecule has 0 aliphatic carbocycles. The standard InChI is InChI=1S/C14H22N2O3S/c1-11-7-13(15)9-14(8-11)20(17,18)16-5-3-12(4-6-16)10-19-2/h7-9,12H,3-6,10,15H2,1-2H3. The highest BCUT2D eigenvalue weighted by Gasteiger charge is 2.29. The van der Waals surface area contributed by atoms with Crippen LogP contribution < -0.4 is 5.73 Å². The fourth-order valence-corrected chi connectivity index (χ4v) is 4.24. The van der Waals surface area contributed by atoms with E-state index in [0.29, 0.717) is 36.2 Å². The molecule has 0 aromatic heterocycles. The third-order valence-electron chi connectivity index (χ3n) is 3.69. The van der Waals surface area contributed by atoms with Gasteiger partial charge in [0.15, 0.2) is 0 Å². The van der Waals surface area contributed by atoms with Crippen LogP contribution in [0.4, 0.5) is 5.69 Å². The van der Waals surface area contributed by atoms with Crippen molar-refractivity contribution in [1.82, 2.24) is 4.31 Å². The summed E-state index contributed by atoms with van der Waals surface area (Å²) in [5, 5.41) is 0. The molecular weight excluding hydrogens is 276 g/mol. The van der Waals surface area contributed by atoms with E-state index in [2.05, 4.69) is 0 Å². The molecule has 0 atom stereocenters. The van der Waals surface area contributed by atoms with Crippen molar-refractivity contribution in [1.29, 1.82) is 0 Å². The number of hydrogen-bond acceptors (Lipinski definition) is 4. The van der Waals surface area contributed by atoms with Gasteiger partial charge >= 0.3 is 0 Å². The number of rotatable bonds is 4. The molecule has 1 aromatic carbocycles. The first kappa shape index (κ1) is 15.3. The van der Waals surface area contributed by atoms with Crippen LogP contribution in [0.2, 0.25) is 0 Å². The van der Waals surface area contributed by atoms with Crippen molar-refractivity contribution in [3.05, 3.63) is 23.8 Å². The predicted molar refractivity (Wildman–Crippen MR) is 79.0 cm³/mol. The van der Waals surface area contributed by atoms with Crippen LogP contribution in [0.1, 0.15) is 18.4 Å². The summed E-state index contributed by atoms with van der Waals surface area (Å²) < 4.78 is 31.9. The first-order valence-electron chi connectivity index (χ1n) is 6.79. The highest BCUT2D eigenvalue weighted by atomic mass is 32.2. The van der Waals surface area contributed by atoms with Crippen molar-refractivity contribution in [2.75, 3.05) is 32.5 Å². The maximum Gasteiger partial charge on any atom is 0.243 e. The van der Waals surface area contributed by atoms with Gasteiger partial charge in [0, 0.05) is 32.5 Å². The van der Waals surface area contributed by atoms with E-state index in [-0.39, 0.29) is 0 Å². The van der Waals surface area contributed by atoms with Gasteiger partial charge in [-0.2, -0.15) is 4.31 Å². The molecule has 2 rings (SSSR count). The summed E-state index contributed by atoms with van der Waals surface area (Å²) in [5.74, 6) is 0.453. The predicted octanol–water partition coefficient (Wildman–Crippen LogP) is 1.62. The quantitative estimate of drug-likeness (QED) is 0.857. The molecule has 1 aliphatic rings. The van der Waals surface area contributed by atoms with E-state index >= 15 is 0 Å². The topological polar surface area (TPSA) is 72.6 Å². The molecule has 1 saturated heterocycles. The van der Waals surface area contributed by atoms with Crippen LogP contribution in [0.25, 0.3) is 0 Å². The lowest BCUT2D eigenvalue weighted by Crippen LogP contribution is -2.39.